The van der Waals surface area contributed by atoms with Crippen LogP contribution in [-0.4, -0.2) is 32.1 Å². The van der Waals surface area contributed by atoms with Gasteiger partial charge in [0.25, 0.3) is 0 Å². The minimum absolute atomic E-state index is 0.0773. The average molecular weight is 428 g/mol. The first kappa shape index (κ1) is 21.3. The van der Waals surface area contributed by atoms with Crippen molar-refractivity contribution in [3.8, 4) is 0 Å². The largest absolute Gasteiger partial charge is 0.511 e. The molecular formula is C12H12Cl3F3N2O3S. The second kappa shape index (κ2) is 9.10. The molecule has 0 fully saturated rings. The van der Waals surface area contributed by atoms with Gasteiger partial charge in [0.2, 0.25) is 0 Å². The molecule has 136 valence electrons. The second-order valence-electron chi connectivity index (χ2n) is 4.41. The summed E-state index contributed by atoms with van der Waals surface area (Å²) in [6.07, 6.45) is 0.779. The first-order valence-electron chi connectivity index (χ1n) is 6.31. The van der Waals surface area contributed by atoms with Crippen LogP contribution in [0, 0.1) is 0 Å². The molecule has 1 N–H and O–H groups in total. The van der Waals surface area contributed by atoms with Gasteiger partial charge in [-0.1, -0.05) is 34.4 Å². The number of hydrogen-bond acceptors (Lipinski definition) is 4. The molecule has 0 heterocycles. The van der Waals surface area contributed by atoms with Crippen molar-refractivity contribution < 1.29 is 26.4 Å². The van der Waals surface area contributed by atoms with Gasteiger partial charge in [0, 0.05) is 21.5 Å². The number of nitrogens with zero attached hydrogens (tertiary/aromatic N) is 1. The van der Waals surface area contributed by atoms with E-state index in [1.807, 2.05) is 0 Å². The molecule has 1 aromatic carbocycles. The maximum atomic E-state index is 12.3. The van der Waals surface area contributed by atoms with Crippen molar-refractivity contribution in [2.45, 2.75) is 24.6 Å². The third-order valence-corrected chi connectivity index (χ3v) is 4.61. The Morgan fingerprint density at radius 3 is 2.54 bits per heavy atom. The molecule has 0 saturated carbocycles. The first-order valence-corrected chi connectivity index (χ1v) is 9.08. The lowest BCUT2D eigenvalue weighted by Gasteiger charge is -2.14. The minimum Gasteiger partial charge on any atom is -0.391 e. The maximum Gasteiger partial charge on any atom is 0.511 e. The van der Waals surface area contributed by atoms with Gasteiger partial charge in [-0.25, -0.2) is 8.42 Å². The van der Waals surface area contributed by atoms with Crippen LogP contribution in [0.2, 0.25) is 10.0 Å². The summed E-state index contributed by atoms with van der Waals surface area (Å²) in [6.45, 7) is -0.0773. The topological polar surface area (TPSA) is 67.8 Å². The van der Waals surface area contributed by atoms with E-state index in [2.05, 4.69) is 5.16 Å². The van der Waals surface area contributed by atoms with Crippen LogP contribution in [0.4, 0.5) is 13.2 Å². The number of rotatable bonds is 8. The average Bonchev–Trinajstić information content (AvgIpc) is 2.44. The zero-order chi connectivity index (χ0) is 18.4. The Labute approximate surface area is 151 Å². The fourth-order valence-electron chi connectivity index (χ4n) is 1.41. The van der Waals surface area contributed by atoms with Crippen molar-refractivity contribution in [2.75, 3.05) is 5.88 Å². The van der Waals surface area contributed by atoms with Crippen LogP contribution in [-0.2, 0) is 21.5 Å². The molecule has 0 bridgehead atoms. The van der Waals surface area contributed by atoms with Crippen LogP contribution in [0.25, 0.3) is 0 Å². The zero-order valence-corrected chi connectivity index (χ0v) is 14.9. The third kappa shape index (κ3) is 6.64. The highest BCUT2D eigenvalue weighted by Gasteiger charge is 2.46. The summed E-state index contributed by atoms with van der Waals surface area (Å²) in [6, 6.07) is 3.38. The minimum atomic E-state index is -5.51. The van der Waals surface area contributed by atoms with Crippen molar-refractivity contribution in [1.29, 1.82) is 0 Å². The van der Waals surface area contributed by atoms with Gasteiger partial charge in [0.1, 0.15) is 6.61 Å². The Bertz CT molecular complexity index is 684. The standard InChI is InChI=1S/C12H12Cl3F3N2O3S/c13-4-3-10(20-24(21,22)12(16,17)18)6-19-23-7-8-1-2-9(14)5-11(8)15/h1-2,5-6,10,20H,3-4,7H2. The van der Waals surface area contributed by atoms with E-state index in [-0.39, 0.29) is 18.9 Å². The first-order chi connectivity index (χ1) is 11.1. The van der Waals surface area contributed by atoms with Crippen LogP contribution in [0.3, 0.4) is 0 Å². The molecule has 0 amide bonds. The van der Waals surface area contributed by atoms with E-state index in [0.29, 0.717) is 15.6 Å². The Hall–Kier alpha value is -0.740. The highest BCUT2D eigenvalue weighted by Crippen LogP contribution is 2.23. The predicted octanol–water partition coefficient (Wildman–Crippen LogP) is 3.93. The molecule has 0 aliphatic rings. The molecule has 0 aromatic heterocycles. The van der Waals surface area contributed by atoms with E-state index in [9.17, 15) is 21.6 Å². The molecule has 5 nitrogen and oxygen atoms in total. The molecule has 0 spiro atoms. The maximum absolute atomic E-state index is 12.3. The van der Waals surface area contributed by atoms with Crippen molar-refractivity contribution in [1.82, 2.24) is 4.72 Å². The van der Waals surface area contributed by atoms with Crippen molar-refractivity contribution in [3.63, 3.8) is 0 Å². The van der Waals surface area contributed by atoms with Crippen LogP contribution in [0.15, 0.2) is 23.4 Å². The number of hydrogen-bond donors (Lipinski definition) is 1. The monoisotopic (exact) mass is 426 g/mol. The van der Waals surface area contributed by atoms with Gasteiger partial charge in [-0.05, 0) is 18.6 Å². The number of alkyl halides is 4. The lowest BCUT2D eigenvalue weighted by atomic mass is 10.2. The molecule has 24 heavy (non-hydrogen) atoms. The van der Waals surface area contributed by atoms with Gasteiger partial charge in [-0.3, -0.25) is 0 Å². The molecule has 0 saturated heterocycles. The summed E-state index contributed by atoms with van der Waals surface area (Å²) in [5, 5.41) is 4.20. The van der Waals surface area contributed by atoms with Gasteiger partial charge >= 0.3 is 15.5 Å². The predicted molar refractivity (Wildman–Crippen MR) is 87.0 cm³/mol. The van der Waals surface area contributed by atoms with E-state index in [1.54, 1.807) is 12.1 Å². The van der Waals surface area contributed by atoms with Crippen LogP contribution in [0.5, 0.6) is 0 Å². The van der Waals surface area contributed by atoms with Crippen molar-refractivity contribution >= 4 is 51.0 Å². The Balaban J connectivity index is 2.66. The quantitative estimate of drug-likeness (QED) is 0.388. The smallest absolute Gasteiger partial charge is 0.391 e. The highest BCUT2D eigenvalue weighted by molar-refractivity contribution is 7.90. The van der Waals surface area contributed by atoms with Crippen LogP contribution in [0.1, 0.15) is 12.0 Å². The summed E-state index contributed by atoms with van der Waals surface area (Å²) in [7, 11) is -5.51. The van der Waals surface area contributed by atoms with Gasteiger partial charge < -0.3 is 4.84 Å². The molecule has 0 aliphatic heterocycles. The molecule has 1 aromatic rings. The van der Waals surface area contributed by atoms with E-state index < -0.39 is 21.6 Å². The second-order valence-corrected chi connectivity index (χ2v) is 7.34. The molecule has 0 radical (unpaired) electrons. The zero-order valence-electron chi connectivity index (χ0n) is 11.9. The number of sulfonamides is 1. The molecule has 12 heteroatoms. The van der Waals surface area contributed by atoms with Gasteiger partial charge in [0.15, 0.2) is 0 Å². The number of nitrogens with one attached hydrogen (secondary N) is 1. The summed E-state index contributed by atoms with van der Waals surface area (Å²) in [4.78, 5) is 4.90. The van der Waals surface area contributed by atoms with Gasteiger partial charge in [-0.15, -0.1) is 11.6 Å². The van der Waals surface area contributed by atoms with E-state index in [1.165, 1.54) is 10.8 Å². The lowest BCUT2D eigenvalue weighted by molar-refractivity contribution is -0.0449. The fourth-order valence-corrected chi connectivity index (χ4v) is 2.82. The Morgan fingerprint density at radius 2 is 2.00 bits per heavy atom. The van der Waals surface area contributed by atoms with Crippen LogP contribution >= 0.6 is 34.8 Å². The third-order valence-electron chi connectivity index (χ3n) is 2.58. The summed E-state index contributed by atoms with van der Waals surface area (Å²) < 4.78 is 60.6. The molecular weight excluding hydrogens is 416 g/mol. The lowest BCUT2D eigenvalue weighted by Crippen LogP contribution is -2.43. The summed E-state index contributed by atoms with van der Waals surface area (Å²) in [5.41, 5.74) is -4.88. The summed E-state index contributed by atoms with van der Waals surface area (Å²) in [5.74, 6) is -0.0833. The number of benzene rings is 1. The van der Waals surface area contributed by atoms with E-state index in [0.717, 1.165) is 6.21 Å². The van der Waals surface area contributed by atoms with Gasteiger partial charge in [-0.2, -0.15) is 17.9 Å². The number of oxime groups is 1. The summed E-state index contributed by atoms with van der Waals surface area (Å²) >= 11 is 17.1. The Kier molecular flexibility index (Phi) is 8.07. The van der Waals surface area contributed by atoms with Gasteiger partial charge in [0.05, 0.1) is 12.3 Å². The molecule has 1 unspecified atom stereocenters. The number of halogens is 6. The fraction of sp³-hybridized carbons (Fsp3) is 0.417. The van der Waals surface area contributed by atoms with Crippen molar-refractivity contribution in [3.05, 3.63) is 33.8 Å². The van der Waals surface area contributed by atoms with Crippen molar-refractivity contribution in [2.24, 2.45) is 5.16 Å². The highest BCUT2D eigenvalue weighted by atomic mass is 35.5. The molecule has 1 atom stereocenters. The normalized spacial score (nSPS) is 14.1. The Morgan fingerprint density at radius 1 is 1.33 bits per heavy atom. The van der Waals surface area contributed by atoms with Crippen LogP contribution < -0.4 is 4.72 Å². The van der Waals surface area contributed by atoms with E-state index >= 15 is 0 Å². The SMILES string of the molecule is O=S(=O)(NC(C=NOCc1ccc(Cl)cc1Cl)CCCl)C(F)(F)F. The van der Waals surface area contributed by atoms with E-state index in [4.69, 9.17) is 39.6 Å². The molecule has 0 aliphatic carbocycles. The molecule has 1 rings (SSSR count).